The summed E-state index contributed by atoms with van der Waals surface area (Å²) in [5.74, 6) is -0.165. The highest BCUT2D eigenvalue weighted by atomic mass is 32.2. The quantitative estimate of drug-likeness (QED) is 0.375. The third-order valence-corrected chi connectivity index (χ3v) is 7.47. The first-order chi connectivity index (χ1) is 16.8. The van der Waals surface area contributed by atoms with Gasteiger partial charge in [-0.2, -0.15) is 0 Å². The molecular formula is C28H31N3O4S. The Morgan fingerprint density at radius 1 is 1.00 bits per heavy atom. The van der Waals surface area contributed by atoms with Crippen LogP contribution in [0.2, 0.25) is 0 Å². The molecule has 2 aromatic heterocycles. The van der Waals surface area contributed by atoms with Crippen LogP contribution >= 0.6 is 0 Å². The maximum absolute atomic E-state index is 13.4. The minimum Gasteiger partial charge on any atom is -0.438 e. The molecule has 0 saturated carbocycles. The van der Waals surface area contributed by atoms with Gasteiger partial charge in [0.1, 0.15) is 11.3 Å². The Morgan fingerprint density at radius 3 is 2.31 bits per heavy atom. The number of nitrogens with one attached hydrogen (secondary N) is 1. The summed E-state index contributed by atoms with van der Waals surface area (Å²) in [4.78, 5) is 18.0. The van der Waals surface area contributed by atoms with Crippen LogP contribution in [0.15, 0.2) is 59.6 Å². The Balaban J connectivity index is 1.76. The number of fused-ring (bicyclic) bond motifs is 1. The second-order valence-electron chi connectivity index (χ2n) is 10.2. The number of sulfonamides is 1. The summed E-state index contributed by atoms with van der Waals surface area (Å²) in [6.45, 7) is 11.9. The average molecular weight is 506 g/mol. The van der Waals surface area contributed by atoms with Gasteiger partial charge in [-0.3, -0.25) is 4.79 Å². The van der Waals surface area contributed by atoms with Crippen LogP contribution in [0.25, 0.3) is 10.9 Å². The summed E-state index contributed by atoms with van der Waals surface area (Å²) in [5.41, 5.74) is 4.07. The molecule has 0 atom stereocenters. The lowest BCUT2D eigenvalue weighted by molar-refractivity contribution is 0.0978. The molecule has 0 radical (unpaired) electrons. The largest absolute Gasteiger partial charge is 0.438 e. The number of aryl methyl sites for hydroxylation is 4. The van der Waals surface area contributed by atoms with E-state index in [4.69, 9.17) is 4.74 Å². The van der Waals surface area contributed by atoms with Crippen molar-refractivity contribution in [2.45, 2.75) is 51.9 Å². The number of ether oxygens (including phenoxy) is 1. The number of carbonyl (C=O) groups is 1. The fourth-order valence-electron chi connectivity index (χ4n) is 4.27. The standard InChI is InChI=1S/C28H31N3O4S/c1-17-15-18(2)25(19(3)16-17)35-27-21(11-12-24(29-27)28(4,5)6)26(32)30-36(33,34)23-10-8-9-22-20(23)13-14-31(22)7/h8-16H,1-7H3,(H,30,32). The minimum absolute atomic E-state index is 0.0286. The second-order valence-corrected chi connectivity index (χ2v) is 11.8. The van der Waals surface area contributed by atoms with E-state index < -0.39 is 15.9 Å². The maximum Gasteiger partial charge on any atom is 0.270 e. The third kappa shape index (κ3) is 4.86. The molecule has 0 bridgehead atoms. The van der Waals surface area contributed by atoms with E-state index >= 15 is 0 Å². The van der Waals surface area contributed by atoms with Crippen LogP contribution in [0.4, 0.5) is 0 Å². The lowest BCUT2D eigenvalue weighted by Crippen LogP contribution is -2.31. The number of aromatic nitrogens is 2. The van der Waals surface area contributed by atoms with E-state index in [9.17, 15) is 13.2 Å². The van der Waals surface area contributed by atoms with E-state index in [0.29, 0.717) is 16.8 Å². The number of hydrogen-bond donors (Lipinski definition) is 1. The Hall–Kier alpha value is -3.65. The van der Waals surface area contributed by atoms with E-state index in [1.807, 2.05) is 71.4 Å². The number of amides is 1. The second kappa shape index (κ2) is 9.09. The van der Waals surface area contributed by atoms with E-state index in [-0.39, 0.29) is 21.8 Å². The monoisotopic (exact) mass is 505 g/mol. The molecular weight excluding hydrogens is 474 g/mol. The fraction of sp³-hybridized carbons (Fsp3) is 0.286. The number of pyridine rings is 1. The molecule has 8 heteroatoms. The first kappa shape index (κ1) is 25.4. The van der Waals surface area contributed by atoms with Crippen molar-refractivity contribution in [2.24, 2.45) is 7.05 Å². The molecule has 7 nitrogen and oxygen atoms in total. The zero-order chi connectivity index (χ0) is 26.4. The van der Waals surface area contributed by atoms with Gasteiger partial charge in [-0.15, -0.1) is 0 Å². The van der Waals surface area contributed by atoms with Crippen molar-refractivity contribution in [2.75, 3.05) is 0 Å². The van der Waals surface area contributed by atoms with Gasteiger partial charge in [0.15, 0.2) is 0 Å². The van der Waals surface area contributed by atoms with Crippen LogP contribution in [0, 0.1) is 20.8 Å². The molecule has 0 fully saturated rings. The van der Waals surface area contributed by atoms with Crippen LogP contribution in [-0.2, 0) is 22.5 Å². The van der Waals surface area contributed by atoms with E-state index in [1.54, 1.807) is 30.5 Å². The van der Waals surface area contributed by atoms with Gasteiger partial charge in [0, 0.05) is 35.3 Å². The number of rotatable bonds is 5. The molecule has 1 N–H and O–H groups in total. The predicted molar refractivity (Wildman–Crippen MR) is 141 cm³/mol. The van der Waals surface area contributed by atoms with Gasteiger partial charge in [-0.25, -0.2) is 18.1 Å². The van der Waals surface area contributed by atoms with Gasteiger partial charge >= 0.3 is 0 Å². The molecule has 1 amide bonds. The summed E-state index contributed by atoms with van der Waals surface area (Å²) < 4.78 is 36.8. The molecule has 2 aromatic carbocycles. The van der Waals surface area contributed by atoms with Gasteiger partial charge in [-0.05, 0) is 62.2 Å². The van der Waals surface area contributed by atoms with Gasteiger partial charge < -0.3 is 9.30 Å². The third-order valence-electron chi connectivity index (χ3n) is 6.08. The predicted octanol–water partition coefficient (Wildman–Crippen LogP) is 5.71. The average Bonchev–Trinajstić information content (AvgIpc) is 3.16. The minimum atomic E-state index is -4.17. The molecule has 0 aliphatic heterocycles. The number of hydrogen-bond acceptors (Lipinski definition) is 5. The number of carbonyl (C=O) groups excluding carboxylic acids is 1. The summed E-state index contributed by atoms with van der Waals surface area (Å²) in [7, 11) is -2.34. The van der Waals surface area contributed by atoms with Crippen LogP contribution in [0.1, 0.15) is 53.5 Å². The van der Waals surface area contributed by atoms with Crippen LogP contribution < -0.4 is 9.46 Å². The van der Waals surface area contributed by atoms with Crippen molar-refractivity contribution in [3.8, 4) is 11.6 Å². The summed E-state index contributed by atoms with van der Waals surface area (Å²) in [5, 5.41) is 0.531. The first-order valence-electron chi connectivity index (χ1n) is 11.7. The molecule has 4 aromatic rings. The van der Waals surface area contributed by atoms with Crippen LogP contribution in [0.5, 0.6) is 11.6 Å². The molecule has 0 unspecified atom stereocenters. The van der Waals surface area contributed by atoms with Gasteiger partial charge in [0.25, 0.3) is 15.9 Å². The lowest BCUT2D eigenvalue weighted by atomic mass is 9.91. The number of nitrogens with zero attached hydrogens (tertiary/aromatic N) is 2. The number of benzene rings is 2. The Labute approximate surface area is 212 Å². The van der Waals surface area contributed by atoms with Crippen molar-refractivity contribution < 1.29 is 17.9 Å². The Morgan fingerprint density at radius 2 is 1.67 bits per heavy atom. The van der Waals surface area contributed by atoms with Gasteiger partial charge in [0.05, 0.1) is 4.90 Å². The molecule has 2 heterocycles. The van der Waals surface area contributed by atoms with E-state index in [2.05, 4.69) is 9.71 Å². The lowest BCUT2D eigenvalue weighted by Gasteiger charge is -2.21. The maximum atomic E-state index is 13.4. The molecule has 4 rings (SSSR count). The summed E-state index contributed by atoms with van der Waals surface area (Å²) >= 11 is 0. The van der Waals surface area contributed by atoms with E-state index in [0.717, 1.165) is 22.2 Å². The van der Waals surface area contributed by atoms with Crippen molar-refractivity contribution in [1.82, 2.24) is 14.3 Å². The molecule has 0 aliphatic carbocycles. The first-order valence-corrected chi connectivity index (χ1v) is 13.1. The highest BCUT2D eigenvalue weighted by Gasteiger charge is 2.27. The molecule has 36 heavy (non-hydrogen) atoms. The summed E-state index contributed by atoms with van der Waals surface area (Å²) in [6.07, 6.45) is 1.78. The normalized spacial score (nSPS) is 12.1. The van der Waals surface area contributed by atoms with Crippen LogP contribution in [-0.4, -0.2) is 23.9 Å². The van der Waals surface area contributed by atoms with Crippen LogP contribution in [0.3, 0.4) is 0 Å². The van der Waals surface area contributed by atoms with Crippen molar-refractivity contribution in [1.29, 1.82) is 0 Å². The highest BCUT2D eigenvalue weighted by Crippen LogP contribution is 2.33. The molecule has 0 aliphatic rings. The molecule has 188 valence electrons. The SMILES string of the molecule is Cc1cc(C)c(Oc2nc(C(C)(C)C)ccc2C(=O)NS(=O)(=O)c2cccc3c2ccn3C)c(C)c1. The van der Waals surface area contributed by atoms with Gasteiger partial charge in [0.2, 0.25) is 5.88 Å². The van der Waals surface area contributed by atoms with Crippen molar-refractivity contribution in [3.63, 3.8) is 0 Å². The Kier molecular flexibility index (Phi) is 6.43. The van der Waals surface area contributed by atoms with E-state index in [1.165, 1.54) is 6.07 Å². The zero-order valence-corrected chi connectivity index (χ0v) is 22.4. The zero-order valence-electron chi connectivity index (χ0n) is 21.6. The fourth-order valence-corrected chi connectivity index (χ4v) is 5.46. The Bertz CT molecular complexity index is 1570. The summed E-state index contributed by atoms with van der Waals surface area (Å²) in [6, 6.07) is 13.9. The smallest absolute Gasteiger partial charge is 0.270 e. The topological polar surface area (TPSA) is 90.3 Å². The molecule has 0 saturated heterocycles. The van der Waals surface area contributed by atoms with Crippen molar-refractivity contribution in [3.05, 3.63) is 82.7 Å². The molecule has 0 spiro atoms. The highest BCUT2D eigenvalue weighted by molar-refractivity contribution is 7.90. The van der Waals surface area contributed by atoms with Gasteiger partial charge in [-0.1, -0.05) is 44.5 Å². The van der Waals surface area contributed by atoms with Crippen molar-refractivity contribution >= 4 is 26.8 Å².